The number of carbonyl (C=O) groups excluding carboxylic acids is 3. The molecular formula is C66H82N8O13S2. The highest BCUT2D eigenvalue weighted by molar-refractivity contribution is 7.87. The summed E-state index contributed by atoms with van der Waals surface area (Å²) in [4.78, 5) is 57.0. The topological polar surface area (TPSA) is 255 Å². The second-order valence-electron chi connectivity index (χ2n) is 24.0. The molecule has 23 heteroatoms. The number of carbonyl (C=O) groups is 4. The first-order valence-corrected chi connectivity index (χ1v) is 33.5. The molecule has 2 fully saturated rings. The van der Waals surface area contributed by atoms with Gasteiger partial charge in [0, 0.05) is 104 Å². The zero-order valence-corrected chi connectivity index (χ0v) is 53.8. The number of allylic oxidation sites excluding steroid dienone is 2. The fourth-order valence-corrected chi connectivity index (χ4v) is 14.5. The van der Waals surface area contributed by atoms with Gasteiger partial charge in [0.1, 0.15) is 11.5 Å². The lowest BCUT2D eigenvalue weighted by atomic mass is 9.81. The fourth-order valence-electron chi connectivity index (χ4n) is 13.4. The van der Waals surface area contributed by atoms with E-state index < -0.39 is 32.3 Å². The molecule has 4 aromatic carbocycles. The molecule has 4 bridgehead atoms. The number of rotatable bonds is 13. The number of fused-ring (bicyclic) bond motifs is 9. The van der Waals surface area contributed by atoms with E-state index in [4.69, 9.17) is 24.1 Å². The Morgan fingerprint density at radius 2 is 1.25 bits per heavy atom. The van der Waals surface area contributed by atoms with Crippen LogP contribution in [0.3, 0.4) is 0 Å². The molecule has 0 spiro atoms. The van der Waals surface area contributed by atoms with Crippen molar-refractivity contribution in [3.8, 4) is 34.0 Å². The summed E-state index contributed by atoms with van der Waals surface area (Å²) in [6, 6.07) is 22.7. The summed E-state index contributed by atoms with van der Waals surface area (Å²) in [7, 11) is 1.63. The van der Waals surface area contributed by atoms with E-state index in [9.17, 15) is 41.1 Å². The number of amides is 3. The zero-order valence-electron chi connectivity index (χ0n) is 52.1. The zero-order chi connectivity index (χ0) is 63.6. The Kier molecular flexibility index (Phi) is 19.6. The van der Waals surface area contributed by atoms with Crippen LogP contribution in [0.1, 0.15) is 133 Å². The van der Waals surface area contributed by atoms with Crippen LogP contribution in [0.5, 0.6) is 11.5 Å². The summed E-state index contributed by atoms with van der Waals surface area (Å²) in [5, 5.41) is 17.1. The molecular weight excluding hydrogens is 1180 g/mol. The number of ether oxygens (including phenoxy) is 4. The molecule has 6 aromatic rings. The van der Waals surface area contributed by atoms with E-state index in [0.717, 1.165) is 127 Å². The Morgan fingerprint density at radius 1 is 0.708 bits per heavy atom. The third kappa shape index (κ3) is 13.3. The number of nitrogens with two attached hydrogens (primary N) is 1. The molecule has 0 atom stereocenters. The number of methoxy groups -OCH3 is 2. The Morgan fingerprint density at radius 3 is 1.82 bits per heavy atom. The Bertz CT molecular complexity index is 4040. The normalized spacial score (nSPS) is 18.0. The molecule has 0 saturated heterocycles. The molecule has 0 unspecified atom stereocenters. The molecule has 476 valence electrons. The largest absolute Gasteiger partial charge is 0.497 e. The van der Waals surface area contributed by atoms with Crippen LogP contribution >= 0.6 is 0 Å². The van der Waals surface area contributed by atoms with Gasteiger partial charge in [-0.25, -0.2) is 14.7 Å². The number of nitrogens with zero attached hydrogens (tertiary/aromatic N) is 6. The maximum absolute atomic E-state index is 14.1. The van der Waals surface area contributed by atoms with Crippen molar-refractivity contribution in [2.24, 2.45) is 5.14 Å². The molecule has 2 aromatic heterocycles. The highest BCUT2D eigenvalue weighted by atomic mass is 32.2. The van der Waals surface area contributed by atoms with Gasteiger partial charge in [0.25, 0.3) is 27.9 Å². The second-order valence-corrected chi connectivity index (χ2v) is 27.4. The third-order valence-electron chi connectivity index (χ3n) is 18.6. The maximum atomic E-state index is 14.1. The van der Waals surface area contributed by atoms with Gasteiger partial charge >= 0.3 is 16.2 Å². The summed E-state index contributed by atoms with van der Waals surface area (Å²) in [5.74, 6) is 0.0588. The van der Waals surface area contributed by atoms with E-state index in [-0.39, 0.29) is 75.5 Å². The van der Waals surface area contributed by atoms with E-state index in [1.165, 1.54) is 38.1 Å². The van der Waals surface area contributed by atoms with E-state index in [2.05, 4.69) is 26.0 Å². The van der Waals surface area contributed by atoms with Crippen LogP contribution < -0.4 is 19.3 Å². The summed E-state index contributed by atoms with van der Waals surface area (Å²) in [5.41, 5.74) is 13.4. The minimum atomic E-state index is -4.09. The number of nitrogens with one attached hydrogen (secondary N) is 1. The van der Waals surface area contributed by atoms with Crippen molar-refractivity contribution < 1.29 is 60.1 Å². The quantitative estimate of drug-likeness (QED) is 0.0914. The highest BCUT2D eigenvalue weighted by Crippen LogP contribution is 2.51. The van der Waals surface area contributed by atoms with E-state index in [1.807, 2.05) is 50.2 Å². The van der Waals surface area contributed by atoms with Gasteiger partial charge in [0.15, 0.2) is 0 Å². The molecule has 2 aliphatic carbocycles. The van der Waals surface area contributed by atoms with Crippen LogP contribution in [-0.4, -0.2) is 168 Å². The van der Waals surface area contributed by atoms with Crippen molar-refractivity contribution in [2.45, 2.75) is 103 Å². The van der Waals surface area contributed by atoms with Crippen molar-refractivity contribution in [2.75, 3.05) is 95.0 Å². The number of carboxylic acids is 1. The number of hydrogen-bond acceptors (Lipinski definition) is 12. The SMILES string of the molecule is COc1ccc2c(c1)C(C)=C(C(=O)N(C)CCOCCN(C)S(N)(=O)=O)Cn1c-2c(C2CCCCC2)c2ccc(C(=O)O)cc21.COc1ccc2c(c1)C(C)=C1Cn3c-2c(C2CCCCC2)c2ccc(cc23)C(=O)NS(=O)(=O)N(C)CCOCCN(C)C1=O. The van der Waals surface area contributed by atoms with Crippen molar-refractivity contribution in [3.05, 3.63) is 117 Å². The van der Waals surface area contributed by atoms with Gasteiger partial charge in [-0.3, -0.25) is 14.4 Å². The van der Waals surface area contributed by atoms with Crippen LogP contribution in [-0.2, 0) is 52.6 Å². The number of carboxylic acid groups (broad SMARTS) is 1. The van der Waals surface area contributed by atoms with Crippen molar-refractivity contribution in [1.82, 2.24) is 32.3 Å². The van der Waals surface area contributed by atoms with E-state index in [1.54, 1.807) is 62.4 Å². The molecule has 0 radical (unpaired) electrons. The lowest BCUT2D eigenvalue weighted by Gasteiger charge is -2.24. The first-order valence-electron chi connectivity index (χ1n) is 30.5. The molecule has 3 aliphatic heterocycles. The second kappa shape index (κ2) is 27.0. The lowest BCUT2D eigenvalue weighted by Crippen LogP contribution is -2.42. The minimum Gasteiger partial charge on any atom is -0.497 e. The molecule has 11 rings (SSSR count). The summed E-state index contributed by atoms with van der Waals surface area (Å²) < 4.78 is 79.9. The molecule has 21 nitrogen and oxygen atoms in total. The number of likely N-dealkylation sites (N-methyl/N-ethyl adjacent to an activating group) is 4. The van der Waals surface area contributed by atoms with Crippen molar-refractivity contribution >= 4 is 77.1 Å². The number of hydrogen-bond donors (Lipinski definition) is 3. The molecule has 4 N–H and O–H groups in total. The van der Waals surface area contributed by atoms with Crippen molar-refractivity contribution in [1.29, 1.82) is 0 Å². The van der Waals surface area contributed by atoms with Gasteiger partial charge in [-0.2, -0.15) is 25.4 Å². The molecule has 5 heterocycles. The number of benzene rings is 4. The van der Waals surface area contributed by atoms with Crippen LogP contribution in [0.2, 0.25) is 0 Å². The third-order valence-corrected chi connectivity index (χ3v) is 21.1. The Labute approximate surface area is 521 Å². The number of aromatic nitrogens is 2. The summed E-state index contributed by atoms with van der Waals surface area (Å²) in [6.45, 7) is 6.01. The lowest BCUT2D eigenvalue weighted by molar-refractivity contribution is -0.127. The Balaban J connectivity index is 0.000000196. The monoisotopic (exact) mass is 1260 g/mol. The molecule has 5 aliphatic rings. The maximum Gasteiger partial charge on any atom is 0.335 e. The fraction of sp³-hybridized carbons (Fsp3) is 0.455. The van der Waals surface area contributed by atoms with Gasteiger partial charge in [0.05, 0.1) is 70.7 Å². The van der Waals surface area contributed by atoms with Crippen LogP contribution in [0.15, 0.2) is 83.9 Å². The van der Waals surface area contributed by atoms with Crippen LogP contribution in [0.4, 0.5) is 0 Å². The van der Waals surface area contributed by atoms with Gasteiger partial charge in [-0.05, 0) is 145 Å². The minimum absolute atomic E-state index is 0.0547. The molecule has 2 saturated carbocycles. The Hall–Kier alpha value is -7.38. The van der Waals surface area contributed by atoms with Gasteiger partial charge in [0.2, 0.25) is 0 Å². The summed E-state index contributed by atoms with van der Waals surface area (Å²) in [6.07, 6.45) is 11.2. The first kappa shape index (κ1) is 64.6. The average Bonchev–Trinajstić information content (AvgIpc) is 1.60. The molecule has 3 amide bonds. The van der Waals surface area contributed by atoms with Crippen molar-refractivity contribution in [3.63, 3.8) is 0 Å². The van der Waals surface area contributed by atoms with Gasteiger partial charge in [-0.15, -0.1) is 0 Å². The predicted molar refractivity (Wildman–Crippen MR) is 343 cm³/mol. The first-order chi connectivity index (χ1) is 42.5. The molecule has 89 heavy (non-hydrogen) atoms. The van der Waals surface area contributed by atoms with Gasteiger partial charge in [-0.1, -0.05) is 50.7 Å². The van der Waals surface area contributed by atoms with Gasteiger partial charge < -0.3 is 43.0 Å². The van der Waals surface area contributed by atoms with E-state index >= 15 is 0 Å². The smallest absolute Gasteiger partial charge is 0.335 e. The standard InChI is InChI=1S/C33H42N4O7S.C33H40N4O6S/c1-21-27-19-24(43-4)11-13-25(27)31-30(22-8-6-5-7-9-22)26-12-10-23(33(39)40)18-29(26)37(31)20-28(21)32(38)35(2)14-16-44-17-15-36(3)45(34,41)42;1-21-27-19-24(42-4)11-13-25(27)31-30(22-8-6-5-7-9-22)26-12-10-23-18-29(26)37(31)20-28(21)33(39)35(2)14-16-43-17-15-36(3)44(40,41)34-32(23)38/h10-13,18-19,22H,5-9,14-17,20H2,1-4H3,(H,39,40)(H2,34,41,42);10-13,18-19,22H,5-9,14-17,20H2,1-4H3,(H,34,38). The summed E-state index contributed by atoms with van der Waals surface area (Å²) >= 11 is 0. The average molecular weight is 1260 g/mol. The van der Waals surface area contributed by atoms with Crippen LogP contribution in [0.25, 0.3) is 55.5 Å². The number of aromatic carboxylic acids is 1. The highest BCUT2D eigenvalue weighted by Gasteiger charge is 2.36. The van der Waals surface area contributed by atoms with Crippen LogP contribution in [0, 0.1) is 0 Å². The van der Waals surface area contributed by atoms with E-state index in [0.29, 0.717) is 47.6 Å². The predicted octanol–water partition coefficient (Wildman–Crippen LogP) is 9.01.